The van der Waals surface area contributed by atoms with Crippen LogP contribution < -0.4 is 0 Å². The molecule has 0 unspecified atom stereocenters. The minimum Gasteiger partial charge on any atom is -0.368 e. The van der Waals surface area contributed by atoms with E-state index in [1.54, 1.807) is 12.1 Å². The number of hydrogen-bond donors (Lipinski definition) is 0. The number of ether oxygens (including phenoxy) is 1. The standard InChI is InChI=1S/C8H5Cl3O/c9-5-2-7(11)6(10)1-4(5)8-3-12-8/h1-2,8H,3H2/t8-/m1/s1. The zero-order valence-electron chi connectivity index (χ0n) is 5.98. The molecule has 1 heterocycles. The quantitative estimate of drug-likeness (QED) is 0.522. The highest BCUT2D eigenvalue weighted by Crippen LogP contribution is 2.38. The van der Waals surface area contributed by atoms with Crippen molar-refractivity contribution in [2.24, 2.45) is 0 Å². The van der Waals surface area contributed by atoms with Crippen molar-refractivity contribution in [2.75, 3.05) is 6.61 Å². The molecule has 1 aromatic carbocycles. The molecule has 1 saturated heterocycles. The monoisotopic (exact) mass is 222 g/mol. The zero-order valence-corrected chi connectivity index (χ0v) is 8.25. The van der Waals surface area contributed by atoms with Gasteiger partial charge in [-0.3, -0.25) is 0 Å². The van der Waals surface area contributed by atoms with Crippen molar-refractivity contribution in [3.63, 3.8) is 0 Å². The Hall–Kier alpha value is 0.0500. The summed E-state index contributed by atoms with van der Waals surface area (Å²) in [5, 5.41) is 1.62. The Morgan fingerprint density at radius 2 is 1.67 bits per heavy atom. The lowest BCUT2D eigenvalue weighted by Gasteiger charge is -2.02. The van der Waals surface area contributed by atoms with Crippen LogP contribution in [0.5, 0.6) is 0 Å². The molecule has 2 rings (SSSR count). The molecule has 64 valence electrons. The van der Waals surface area contributed by atoms with Gasteiger partial charge < -0.3 is 4.74 Å². The van der Waals surface area contributed by atoms with E-state index in [1.165, 1.54) is 0 Å². The molecule has 0 aromatic heterocycles. The average Bonchev–Trinajstić information content (AvgIpc) is 2.79. The number of epoxide rings is 1. The molecule has 0 N–H and O–H groups in total. The van der Waals surface area contributed by atoms with E-state index in [2.05, 4.69) is 0 Å². The Balaban J connectivity index is 2.47. The van der Waals surface area contributed by atoms with Crippen LogP contribution in [0.15, 0.2) is 12.1 Å². The van der Waals surface area contributed by atoms with E-state index in [0.29, 0.717) is 15.1 Å². The summed E-state index contributed by atoms with van der Waals surface area (Å²) in [6.07, 6.45) is 0.118. The number of rotatable bonds is 1. The van der Waals surface area contributed by atoms with Gasteiger partial charge >= 0.3 is 0 Å². The smallest absolute Gasteiger partial charge is 0.107 e. The molecular formula is C8H5Cl3O. The summed E-state index contributed by atoms with van der Waals surface area (Å²) in [5.74, 6) is 0. The molecule has 0 radical (unpaired) electrons. The third-order valence-electron chi connectivity index (χ3n) is 1.72. The number of hydrogen-bond acceptors (Lipinski definition) is 1. The third-order valence-corrected chi connectivity index (χ3v) is 2.77. The van der Waals surface area contributed by atoms with Gasteiger partial charge in [-0.25, -0.2) is 0 Å². The average molecular weight is 223 g/mol. The molecule has 12 heavy (non-hydrogen) atoms. The van der Waals surface area contributed by atoms with E-state index in [-0.39, 0.29) is 6.10 Å². The first-order chi connectivity index (χ1) is 5.68. The molecule has 4 heteroatoms. The van der Waals surface area contributed by atoms with E-state index in [4.69, 9.17) is 39.5 Å². The molecule has 0 saturated carbocycles. The van der Waals surface area contributed by atoms with Crippen LogP contribution in [-0.2, 0) is 4.74 Å². The van der Waals surface area contributed by atoms with Gasteiger partial charge in [-0.1, -0.05) is 34.8 Å². The van der Waals surface area contributed by atoms with E-state index < -0.39 is 0 Å². The van der Waals surface area contributed by atoms with E-state index >= 15 is 0 Å². The topological polar surface area (TPSA) is 12.5 Å². The Bertz CT molecular complexity index is 320. The predicted molar refractivity (Wildman–Crippen MR) is 50.2 cm³/mol. The fourth-order valence-corrected chi connectivity index (χ4v) is 1.69. The van der Waals surface area contributed by atoms with Gasteiger partial charge in [0.1, 0.15) is 6.10 Å². The molecular weight excluding hydrogens is 218 g/mol. The second kappa shape index (κ2) is 3.08. The van der Waals surface area contributed by atoms with E-state index in [1.807, 2.05) is 0 Å². The van der Waals surface area contributed by atoms with Crippen molar-refractivity contribution < 1.29 is 4.74 Å². The Kier molecular flexibility index (Phi) is 2.21. The Morgan fingerprint density at radius 1 is 1.08 bits per heavy atom. The van der Waals surface area contributed by atoms with Gasteiger partial charge in [-0.2, -0.15) is 0 Å². The minimum absolute atomic E-state index is 0.118. The minimum atomic E-state index is 0.118. The normalized spacial score (nSPS) is 21.1. The maximum Gasteiger partial charge on any atom is 0.107 e. The maximum absolute atomic E-state index is 5.91. The fourth-order valence-electron chi connectivity index (χ4n) is 1.01. The van der Waals surface area contributed by atoms with Crippen LogP contribution in [-0.4, -0.2) is 6.61 Å². The molecule has 1 aliphatic heterocycles. The van der Waals surface area contributed by atoms with Gasteiger partial charge in [0.15, 0.2) is 0 Å². The molecule has 0 amide bonds. The molecule has 0 aliphatic carbocycles. The van der Waals surface area contributed by atoms with Crippen LogP contribution in [0.3, 0.4) is 0 Å². The van der Waals surface area contributed by atoms with Gasteiger partial charge in [0.2, 0.25) is 0 Å². The first kappa shape index (κ1) is 8.64. The summed E-state index contributed by atoms with van der Waals surface area (Å²) in [4.78, 5) is 0. The number of halogens is 3. The van der Waals surface area contributed by atoms with Crippen molar-refractivity contribution in [3.8, 4) is 0 Å². The van der Waals surface area contributed by atoms with Crippen molar-refractivity contribution in [2.45, 2.75) is 6.10 Å². The summed E-state index contributed by atoms with van der Waals surface area (Å²) in [5.41, 5.74) is 0.922. The second-order valence-corrected chi connectivity index (χ2v) is 3.83. The predicted octanol–water partition coefficient (Wildman–Crippen LogP) is 3.72. The van der Waals surface area contributed by atoms with E-state index in [9.17, 15) is 0 Å². The second-order valence-electron chi connectivity index (χ2n) is 2.61. The molecule has 0 spiro atoms. The van der Waals surface area contributed by atoms with E-state index in [0.717, 1.165) is 12.2 Å². The highest BCUT2D eigenvalue weighted by Gasteiger charge is 2.27. The fraction of sp³-hybridized carbons (Fsp3) is 0.250. The van der Waals surface area contributed by atoms with Crippen molar-refractivity contribution in [1.82, 2.24) is 0 Å². The zero-order chi connectivity index (χ0) is 8.72. The van der Waals surface area contributed by atoms with Crippen LogP contribution in [0.1, 0.15) is 11.7 Å². The molecule has 1 nitrogen and oxygen atoms in total. The lowest BCUT2D eigenvalue weighted by atomic mass is 10.2. The van der Waals surface area contributed by atoms with Gasteiger partial charge in [-0.05, 0) is 12.1 Å². The summed E-state index contributed by atoms with van der Waals surface area (Å²) < 4.78 is 5.08. The third kappa shape index (κ3) is 1.55. The van der Waals surface area contributed by atoms with Crippen LogP contribution in [0.25, 0.3) is 0 Å². The molecule has 1 atom stereocenters. The summed E-state index contributed by atoms with van der Waals surface area (Å²) in [6.45, 7) is 0.720. The lowest BCUT2D eigenvalue weighted by Crippen LogP contribution is -1.83. The highest BCUT2D eigenvalue weighted by molar-refractivity contribution is 6.43. The van der Waals surface area contributed by atoms with Gasteiger partial charge in [-0.15, -0.1) is 0 Å². The van der Waals surface area contributed by atoms with Gasteiger partial charge in [0.05, 0.1) is 16.7 Å². The lowest BCUT2D eigenvalue weighted by molar-refractivity contribution is 0.416. The molecule has 0 bridgehead atoms. The van der Waals surface area contributed by atoms with Crippen LogP contribution in [0.4, 0.5) is 0 Å². The first-order valence-corrected chi connectivity index (χ1v) is 4.58. The molecule has 1 fully saturated rings. The Morgan fingerprint density at radius 3 is 2.25 bits per heavy atom. The first-order valence-electron chi connectivity index (χ1n) is 3.44. The summed E-state index contributed by atoms with van der Waals surface area (Å²) >= 11 is 17.5. The van der Waals surface area contributed by atoms with Gasteiger partial charge in [0, 0.05) is 10.6 Å². The van der Waals surface area contributed by atoms with Crippen molar-refractivity contribution in [3.05, 3.63) is 32.8 Å². The SMILES string of the molecule is Clc1cc(Cl)c([C@H]2CO2)cc1Cl. The Labute approximate surface area is 85.2 Å². The summed E-state index contributed by atoms with van der Waals surface area (Å²) in [7, 11) is 0. The van der Waals surface area contributed by atoms with Gasteiger partial charge in [0.25, 0.3) is 0 Å². The van der Waals surface area contributed by atoms with Crippen LogP contribution in [0.2, 0.25) is 15.1 Å². The van der Waals surface area contributed by atoms with Crippen molar-refractivity contribution >= 4 is 34.8 Å². The summed E-state index contributed by atoms with van der Waals surface area (Å²) in [6, 6.07) is 3.40. The molecule has 1 aromatic rings. The van der Waals surface area contributed by atoms with Crippen molar-refractivity contribution in [1.29, 1.82) is 0 Å². The maximum atomic E-state index is 5.91. The highest BCUT2D eigenvalue weighted by atomic mass is 35.5. The largest absolute Gasteiger partial charge is 0.368 e. The molecule has 1 aliphatic rings. The number of benzene rings is 1. The van der Waals surface area contributed by atoms with Crippen LogP contribution >= 0.6 is 34.8 Å². The van der Waals surface area contributed by atoms with Crippen LogP contribution in [0, 0.1) is 0 Å².